The minimum Gasteiger partial charge on any atom is -0.481 e. The van der Waals surface area contributed by atoms with Gasteiger partial charge in [0.1, 0.15) is 0 Å². The Kier molecular flexibility index (Phi) is 5.91. The molecule has 0 saturated heterocycles. The van der Waals surface area contributed by atoms with E-state index in [1.165, 1.54) is 12.1 Å². The van der Waals surface area contributed by atoms with Gasteiger partial charge >= 0.3 is 5.97 Å². The molecule has 0 amide bonds. The monoisotopic (exact) mass is 300 g/mol. The lowest BCUT2D eigenvalue weighted by molar-refractivity contribution is -0.385. The molecular weight excluding hydrogens is 284 g/mol. The van der Waals surface area contributed by atoms with E-state index in [1.54, 1.807) is 6.07 Å². The van der Waals surface area contributed by atoms with Gasteiger partial charge in [-0.1, -0.05) is 11.6 Å². The number of nitro groups is 1. The van der Waals surface area contributed by atoms with Crippen molar-refractivity contribution in [2.45, 2.75) is 32.9 Å². The highest BCUT2D eigenvalue weighted by Gasteiger charge is 2.19. The van der Waals surface area contributed by atoms with Crippen molar-refractivity contribution in [1.82, 2.24) is 4.90 Å². The van der Waals surface area contributed by atoms with Crippen molar-refractivity contribution < 1.29 is 14.8 Å². The number of carboxylic acid groups (broad SMARTS) is 1. The first-order valence-corrected chi connectivity index (χ1v) is 6.57. The SMILES string of the molecule is CC(C)N(CCC(=O)O)Cc1cc(Cl)ccc1[N+](=O)[O-]. The highest BCUT2D eigenvalue weighted by atomic mass is 35.5. The first-order chi connectivity index (χ1) is 9.31. The quantitative estimate of drug-likeness (QED) is 0.618. The Bertz CT molecular complexity index is 505. The van der Waals surface area contributed by atoms with Crippen LogP contribution in [0.5, 0.6) is 0 Å². The normalized spacial score (nSPS) is 11.1. The minimum absolute atomic E-state index is 0.00428. The second kappa shape index (κ2) is 7.21. The fourth-order valence-electron chi connectivity index (χ4n) is 1.84. The van der Waals surface area contributed by atoms with Gasteiger partial charge in [0.05, 0.1) is 11.3 Å². The summed E-state index contributed by atoms with van der Waals surface area (Å²) in [5, 5.41) is 20.2. The summed E-state index contributed by atoms with van der Waals surface area (Å²) >= 11 is 5.88. The number of halogens is 1. The van der Waals surface area contributed by atoms with Crippen LogP contribution < -0.4 is 0 Å². The molecule has 6 nitrogen and oxygen atoms in total. The average molecular weight is 301 g/mol. The molecule has 1 aromatic rings. The van der Waals surface area contributed by atoms with Gasteiger partial charge in [0.15, 0.2) is 0 Å². The molecule has 0 aliphatic carbocycles. The maximum Gasteiger partial charge on any atom is 0.304 e. The first kappa shape index (κ1) is 16.4. The summed E-state index contributed by atoms with van der Waals surface area (Å²) in [5.41, 5.74) is 0.483. The predicted molar refractivity (Wildman–Crippen MR) is 75.9 cm³/mol. The molecule has 0 fully saturated rings. The third-order valence-electron chi connectivity index (χ3n) is 2.95. The Balaban J connectivity index is 2.95. The maximum absolute atomic E-state index is 11.0. The van der Waals surface area contributed by atoms with E-state index in [2.05, 4.69) is 0 Å². The summed E-state index contributed by atoms with van der Waals surface area (Å²) in [7, 11) is 0. The third kappa shape index (κ3) is 4.79. The highest BCUT2D eigenvalue weighted by molar-refractivity contribution is 6.30. The van der Waals surface area contributed by atoms with Crippen LogP contribution in [0.2, 0.25) is 5.02 Å². The van der Waals surface area contributed by atoms with Crippen LogP contribution in [-0.2, 0) is 11.3 Å². The fraction of sp³-hybridized carbons (Fsp3) is 0.462. The molecule has 20 heavy (non-hydrogen) atoms. The lowest BCUT2D eigenvalue weighted by atomic mass is 10.1. The summed E-state index contributed by atoms with van der Waals surface area (Å²) < 4.78 is 0. The number of hydrogen-bond donors (Lipinski definition) is 1. The molecule has 7 heteroatoms. The number of aliphatic carboxylic acids is 1. The lowest BCUT2D eigenvalue weighted by Gasteiger charge is -2.25. The molecular formula is C13H17ClN2O4. The molecule has 0 radical (unpaired) electrons. The minimum atomic E-state index is -0.892. The van der Waals surface area contributed by atoms with Gasteiger partial charge in [-0.25, -0.2) is 0 Å². The molecule has 0 aliphatic heterocycles. The first-order valence-electron chi connectivity index (χ1n) is 6.20. The zero-order valence-corrected chi connectivity index (χ0v) is 12.1. The molecule has 0 aliphatic rings. The molecule has 1 N–H and O–H groups in total. The average Bonchev–Trinajstić information content (AvgIpc) is 2.33. The number of nitrogens with zero attached hydrogens (tertiary/aromatic N) is 2. The summed E-state index contributed by atoms with van der Waals surface area (Å²) in [6, 6.07) is 4.47. The van der Waals surface area contributed by atoms with E-state index >= 15 is 0 Å². The van der Waals surface area contributed by atoms with Crippen molar-refractivity contribution in [3.8, 4) is 0 Å². The van der Waals surface area contributed by atoms with Gasteiger partial charge in [0.2, 0.25) is 0 Å². The zero-order chi connectivity index (χ0) is 15.3. The van der Waals surface area contributed by atoms with Gasteiger partial charge in [0, 0.05) is 35.8 Å². The maximum atomic E-state index is 11.0. The van der Waals surface area contributed by atoms with Crippen molar-refractivity contribution in [3.63, 3.8) is 0 Å². The fourth-order valence-corrected chi connectivity index (χ4v) is 2.03. The van der Waals surface area contributed by atoms with E-state index in [0.29, 0.717) is 23.7 Å². The molecule has 0 saturated carbocycles. The third-order valence-corrected chi connectivity index (χ3v) is 3.19. The van der Waals surface area contributed by atoms with Crippen molar-refractivity contribution in [2.75, 3.05) is 6.54 Å². The van der Waals surface area contributed by atoms with Gasteiger partial charge in [-0.15, -0.1) is 0 Å². The van der Waals surface area contributed by atoms with Crippen LogP contribution in [0.15, 0.2) is 18.2 Å². The Hall–Kier alpha value is -1.66. The van der Waals surface area contributed by atoms with Gasteiger partial charge in [0.25, 0.3) is 5.69 Å². The van der Waals surface area contributed by atoms with Gasteiger partial charge < -0.3 is 5.11 Å². The van der Waals surface area contributed by atoms with Crippen molar-refractivity contribution >= 4 is 23.3 Å². The number of benzene rings is 1. The molecule has 1 aromatic carbocycles. The second-order valence-corrected chi connectivity index (χ2v) is 5.17. The van der Waals surface area contributed by atoms with Crippen LogP contribution in [0.25, 0.3) is 0 Å². The van der Waals surface area contributed by atoms with Gasteiger partial charge in [-0.3, -0.25) is 19.8 Å². The Morgan fingerprint density at radius 2 is 2.15 bits per heavy atom. The zero-order valence-electron chi connectivity index (χ0n) is 11.4. The smallest absolute Gasteiger partial charge is 0.304 e. The molecule has 110 valence electrons. The van der Waals surface area contributed by atoms with E-state index in [1.807, 2.05) is 18.7 Å². The lowest BCUT2D eigenvalue weighted by Crippen LogP contribution is -2.32. The molecule has 0 unspecified atom stereocenters. The van der Waals surface area contributed by atoms with E-state index in [-0.39, 0.29) is 18.2 Å². The molecule has 1 rings (SSSR count). The van der Waals surface area contributed by atoms with E-state index < -0.39 is 10.9 Å². The van der Waals surface area contributed by atoms with Crippen LogP contribution in [-0.4, -0.2) is 33.5 Å². The number of rotatable bonds is 7. The summed E-state index contributed by atoms with van der Waals surface area (Å²) in [6.07, 6.45) is -0.00740. The topological polar surface area (TPSA) is 83.7 Å². The van der Waals surface area contributed by atoms with E-state index in [0.717, 1.165) is 0 Å². The Morgan fingerprint density at radius 3 is 2.65 bits per heavy atom. The number of nitro benzene ring substituents is 1. The van der Waals surface area contributed by atoms with Crippen LogP contribution in [0.4, 0.5) is 5.69 Å². The molecule has 0 spiro atoms. The summed E-state index contributed by atoms with van der Waals surface area (Å²) in [5.74, 6) is -0.892. The number of carboxylic acids is 1. The largest absolute Gasteiger partial charge is 0.481 e. The van der Waals surface area contributed by atoms with Crippen LogP contribution in [0.3, 0.4) is 0 Å². The number of carbonyl (C=O) groups is 1. The predicted octanol–water partition coefficient (Wildman–Crippen LogP) is 2.93. The van der Waals surface area contributed by atoms with Gasteiger partial charge in [-0.05, 0) is 26.0 Å². The molecule has 0 heterocycles. The molecule has 0 atom stereocenters. The van der Waals surface area contributed by atoms with E-state index in [4.69, 9.17) is 16.7 Å². The molecule has 0 aromatic heterocycles. The number of hydrogen-bond acceptors (Lipinski definition) is 4. The van der Waals surface area contributed by atoms with Crippen molar-refractivity contribution in [2.24, 2.45) is 0 Å². The van der Waals surface area contributed by atoms with Gasteiger partial charge in [-0.2, -0.15) is 0 Å². The second-order valence-electron chi connectivity index (χ2n) is 4.74. The summed E-state index contributed by atoms with van der Waals surface area (Å²) in [4.78, 5) is 23.1. The Morgan fingerprint density at radius 1 is 1.50 bits per heavy atom. The molecule has 0 bridgehead atoms. The Labute approximate surface area is 122 Å². The van der Waals surface area contributed by atoms with Crippen LogP contribution in [0.1, 0.15) is 25.8 Å². The standard InChI is InChI=1S/C13H17ClN2O4/c1-9(2)15(6-5-13(17)18)8-10-7-11(14)3-4-12(10)16(19)20/h3-4,7,9H,5-6,8H2,1-2H3,(H,17,18). The van der Waals surface area contributed by atoms with E-state index in [9.17, 15) is 14.9 Å². The van der Waals surface area contributed by atoms with Crippen LogP contribution in [0, 0.1) is 10.1 Å². The highest BCUT2D eigenvalue weighted by Crippen LogP contribution is 2.24. The van der Waals surface area contributed by atoms with Crippen LogP contribution >= 0.6 is 11.6 Å². The summed E-state index contributed by atoms with van der Waals surface area (Å²) in [6.45, 7) is 4.45. The van der Waals surface area contributed by atoms with Crippen molar-refractivity contribution in [3.05, 3.63) is 38.9 Å². The van der Waals surface area contributed by atoms with Crippen molar-refractivity contribution in [1.29, 1.82) is 0 Å².